The third-order valence-corrected chi connectivity index (χ3v) is 4.19. The molecule has 1 N–H and O–H groups in total. The Hall–Kier alpha value is -1.26. The van der Waals surface area contributed by atoms with Gasteiger partial charge in [0.25, 0.3) is 0 Å². The minimum absolute atomic E-state index is 0.167. The van der Waals surface area contributed by atoms with E-state index in [1.54, 1.807) is 4.90 Å². The first-order valence-corrected chi connectivity index (χ1v) is 7.98. The van der Waals surface area contributed by atoms with Crippen LogP contribution in [0.1, 0.15) is 25.3 Å². The van der Waals surface area contributed by atoms with Crippen LogP contribution in [0.5, 0.6) is 0 Å². The minimum atomic E-state index is 0.167. The Balaban J connectivity index is 2.21. The van der Waals surface area contributed by atoms with Gasteiger partial charge in [-0.3, -0.25) is 4.79 Å². The number of likely N-dealkylation sites (N-methyl/N-ethyl adjacent to an activating group) is 1. The molecule has 5 heteroatoms. The Bertz CT molecular complexity index is 492. The van der Waals surface area contributed by atoms with Crippen molar-refractivity contribution in [3.8, 4) is 0 Å². The second kappa shape index (κ2) is 7.66. The number of nitrogens with one attached hydrogen (secondary N) is 1. The molecular formula is C16H24ClN3O. The fraction of sp³-hybridized carbons (Fsp3) is 0.562. The average molecular weight is 310 g/mol. The molecule has 116 valence electrons. The van der Waals surface area contributed by atoms with Gasteiger partial charge in [0.1, 0.15) is 0 Å². The van der Waals surface area contributed by atoms with Gasteiger partial charge in [-0.1, -0.05) is 24.6 Å². The molecule has 1 aliphatic heterocycles. The number of hydrogen-bond donors (Lipinski definition) is 1. The molecule has 1 fully saturated rings. The van der Waals surface area contributed by atoms with E-state index in [0.717, 1.165) is 55.3 Å². The van der Waals surface area contributed by atoms with Crippen molar-refractivity contribution < 1.29 is 4.79 Å². The van der Waals surface area contributed by atoms with Crippen LogP contribution in [0.3, 0.4) is 0 Å². The fourth-order valence-corrected chi connectivity index (χ4v) is 2.84. The van der Waals surface area contributed by atoms with E-state index in [2.05, 4.69) is 23.2 Å². The molecule has 2 rings (SSSR count). The summed E-state index contributed by atoms with van der Waals surface area (Å²) in [7, 11) is 1.87. The number of amides is 1. The van der Waals surface area contributed by atoms with Gasteiger partial charge in [-0.2, -0.15) is 0 Å². The Kier molecular flexibility index (Phi) is 5.88. The van der Waals surface area contributed by atoms with Crippen LogP contribution in [0.25, 0.3) is 0 Å². The van der Waals surface area contributed by atoms with Gasteiger partial charge in [-0.15, -0.1) is 0 Å². The molecule has 1 aromatic rings. The van der Waals surface area contributed by atoms with E-state index in [9.17, 15) is 4.79 Å². The smallest absolute Gasteiger partial charge is 0.241 e. The van der Waals surface area contributed by atoms with Gasteiger partial charge in [0.15, 0.2) is 0 Å². The molecule has 1 aromatic carbocycles. The number of anilines is 1. The largest absolute Gasteiger partial charge is 0.362 e. The van der Waals surface area contributed by atoms with Crippen LogP contribution in [0.4, 0.5) is 5.69 Å². The second-order valence-electron chi connectivity index (χ2n) is 5.50. The van der Waals surface area contributed by atoms with E-state index in [4.69, 9.17) is 11.6 Å². The van der Waals surface area contributed by atoms with Crippen molar-refractivity contribution in [3.05, 3.63) is 28.8 Å². The first-order chi connectivity index (χ1) is 10.1. The predicted octanol–water partition coefficient (Wildman–Crippen LogP) is 2.51. The van der Waals surface area contributed by atoms with Crippen molar-refractivity contribution >= 4 is 23.2 Å². The highest BCUT2D eigenvalue weighted by atomic mass is 35.5. The number of carbonyl (C=O) groups is 1. The monoisotopic (exact) mass is 309 g/mol. The number of hydrogen-bond acceptors (Lipinski definition) is 3. The van der Waals surface area contributed by atoms with Gasteiger partial charge in [0.05, 0.1) is 6.54 Å². The van der Waals surface area contributed by atoms with Crippen LogP contribution in [0.15, 0.2) is 18.2 Å². The molecular weight excluding hydrogens is 286 g/mol. The van der Waals surface area contributed by atoms with Crippen LogP contribution >= 0.6 is 11.6 Å². The molecule has 1 aliphatic rings. The fourth-order valence-electron chi connectivity index (χ4n) is 2.60. The lowest BCUT2D eigenvalue weighted by Crippen LogP contribution is -2.35. The normalized spacial score (nSPS) is 16.2. The third kappa shape index (κ3) is 4.11. The second-order valence-corrected chi connectivity index (χ2v) is 5.91. The molecule has 1 heterocycles. The zero-order valence-corrected chi connectivity index (χ0v) is 13.6. The van der Waals surface area contributed by atoms with Gasteiger partial charge in [0, 0.05) is 43.0 Å². The molecule has 0 spiro atoms. The zero-order chi connectivity index (χ0) is 15.2. The summed E-state index contributed by atoms with van der Waals surface area (Å²) in [5.41, 5.74) is 2.17. The molecule has 0 aliphatic carbocycles. The van der Waals surface area contributed by atoms with Crippen LogP contribution in [0.2, 0.25) is 5.02 Å². The Morgan fingerprint density at radius 3 is 2.90 bits per heavy atom. The topological polar surface area (TPSA) is 35.6 Å². The van der Waals surface area contributed by atoms with E-state index >= 15 is 0 Å². The Labute approximate surface area is 132 Å². The highest BCUT2D eigenvalue weighted by Crippen LogP contribution is 2.28. The maximum atomic E-state index is 12.1. The van der Waals surface area contributed by atoms with Gasteiger partial charge in [0.2, 0.25) is 5.91 Å². The molecule has 0 radical (unpaired) electrons. The lowest BCUT2D eigenvalue weighted by molar-refractivity contribution is -0.127. The maximum absolute atomic E-state index is 12.1. The number of carbonyl (C=O) groups excluding carboxylic acids is 1. The third-order valence-electron chi connectivity index (χ3n) is 3.84. The number of benzene rings is 1. The molecule has 1 saturated heterocycles. The molecule has 0 aromatic heterocycles. The Morgan fingerprint density at radius 1 is 1.33 bits per heavy atom. The SMILES string of the molecule is CCCNCc1c(Cl)cccc1N1CCCN(C)C(=O)C1. The summed E-state index contributed by atoms with van der Waals surface area (Å²) in [4.78, 5) is 16.0. The van der Waals surface area contributed by atoms with Crippen molar-refractivity contribution in [2.45, 2.75) is 26.3 Å². The van der Waals surface area contributed by atoms with E-state index < -0.39 is 0 Å². The number of rotatable bonds is 5. The molecule has 21 heavy (non-hydrogen) atoms. The molecule has 0 saturated carbocycles. The predicted molar refractivity (Wildman–Crippen MR) is 87.9 cm³/mol. The van der Waals surface area contributed by atoms with Crippen molar-refractivity contribution in [1.29, 1.82) is 0 Å². The van der Waals surface area contributed by atoms with Crippen molar-refractivity contribution in [2.24, 2.45) is 0 Å². The van der Waals surface area contributed by atoms with Crippen molar-refractivity contribution in [1.82, 2.24) is 10.2 Å². The Morgan fingerprint density at radius 2 is 2.14 bits per heavy atom. The summed E-state index contributed by atoms with van der Waals surface area (Å²) in [5.74, 6) is 0.167. The molecule has 0 atom stereocenters. The summed E-state index contributed by atoms with van der Waals surface area (Å²) < 4.78 is 0. The quantitative estimate of drug-likeness (QED) is 0.849. The van der Waals surface area contributed by atoms with Gasteiger partial charge >= 0.3 is 0 Å². The van der Waals surface area contributed by atoms with Crippen molar-refractivity contribution in [3.63, 3.8) is 0 Å². The number of nitrogens with zero attached hydrogens (tertiary/aromatic N) is 2. The highest BCUT2D eigenvalue weighted by molar-refractivity contribution is 6.31. The van der Waals surface area contributed by atoms with Crippen LogP contribution in [0, 0.1) is 0 Å². The summed E-state index contributed by atoms with van der Waals surface area (Å²) in [6.07, 6.45) is 2.07. The summed E-state index contributed by atoms with van der Waals surface area (Å²) in [6, 6.07) is 5.94. The zero-order valence-electron chi connectivity index (χ0n) is 12.9. The van der Waals surface area contributed by atoms with Crippen LogP contribution < -0.4 is 10.2 Å². The van der Waals surface area contributed by atoms with E-state index in [0.29, 0.717) is 6.54 Å². The summed E-state index contributed by atoms with van der Waals surface area (Å²) in [6.45, 7) is 5.98. The van der Waals surface area contributed by atoms with Gasteiger partial charge in [-0.05, 0) is 31.5 Å². The van der Waals surface area contributed by atoms with E-state index in [1.807, 2.05) is 19.2 Å². The highest BCUT2D eigenvalue weighted by Gasteiger charge is 2.21. The molecule has 0 bridgehead atoms. The molecule has 0 unspecified atom stereocenters. The standard InChI is InChI=1S/C16H24ClN3O/c1-3-8-18-11-13-14(17)6-4-7-15(13)20-10-5-9-19(2)16(21)12-20/h4,6-7,18H,3,5,8-12H2,1-2H3. The first-order valence-electron chi connectivity index (χ1n) is 7.60. The lowest BCUT2D eigenvalue weighted by Gasteiger charge is -2.25. The van der Waals surface area contributed by atoms with Gasteiger partial charge in [-0.25, -0.2) is 0 Å². The summed E-state index contributed by atoms with van der Waals surface area (Å²) >= 11 is 6.37. The van der Waals surface area contributed by atoms with Crippen LogP contribution in [-0.4, -0.2) is 44.0 Å². The first kappa shape index (κ1) is 16.1. The van der Waals surface area contributed by atoms with Crippen LogP contribution in [-0.2, 0) is 11.3 Å². The lowest BCUT2D eigenvalue weighted by atomic mass is 10.1. The van der Waals surface area contributed by atoms with Gasteiger partial charge < -0.3 is 15.1 Å². The summed E-state index contributed by atoms with van der Waals surface area (Å²) in [5, 5.41) is 4.17. The van der Waals surface area contributed by atoms with Crippen molar-refractivity contribution in [2.75, 3.05) is 38.1 Å². The van der Waals surface area contributed by atoms with E-state index in [-0.39, 0.29) is 5.91 Å². The molecule has 4 nitrogen and oxygen atoms in total. The number of halogens is 1. The maximum Gasteiger partial charge on any atom is 0.241 e. The molecule has 1 amide bonds. The van der Waals surface area contributed by atoms with E-state index in [1.165, 1.54) is 0 Å². The minimum Gasteiger partial charge on any atom is -0.362 e. The average Bonchev–Trinajstić information content (AvgIpc) is 2.63.